The number of allylic oxidation sites excluding steroid dienone is 7. The van der Waals surface area contributed by atoms with Gasteiger partial charge >= 0.3 is 148 Å². The van der Waals surface area contributed by atoms with Gasteiger partial charge in [0.05, 0.1) is 69.5 Å². The van der Waals surface area contributed by atoms with E-state index in [9.17, 15) is 59.8 Å². The fourth-order valence-corrected chi connectivity index (χ4v) is 12.2. The first-order valence-electron chi connectivity index (χ1n) is 23.8. The Hall–Kier alpha value is -0.710. The van der Waals surface area contributed by atoms with E-state index in [1.54, 1.807) is 31.4 Å². The van der Waals surface area contributed by atoms with Crippen LogP contribution in [-0.4, -0.2) is 103 Å². The van der Waals surface area contributed by atoms with Gasteiger partial charge in [0.2, 0.25) is 5.69 Å². The Bertz CT molecular complexity index is 3390. The van der Waals surface area contributed by atoms with E-state index in [4.69, 9.17) is 18.4 Å². The van der Waals surface area contributed by atoms with Crippen LogP contribution in [0.5, 0.6) is 11.5 Å². The number of ether oxygens (including phenoxy) is 3. The predicted octanol–water partition coefficient (Wildman–Crippen LogP) is -11.1. The van der Waals surface area contributed by atoms with Crippen molar-refractivity contribution in [1.82, 2.24) is 0 Å². The molecule has 0 bridgehead atoms. The quantitative estimate of drug-likeness (QED) is 0.00869. The zero-order valence-corrected chi connectivity index (χ0v) is 60.2. The van der Waals surface area contributed by atoms with Crippen LogP contribution in [0.2, 0.25) is 0 Å². The second-order valence-electron chi connectivity index (χ2n) is 19.1. The molecule has 7 rings (SSSR count). The molecule has 0 amide bonds. The van der Waals surface area contributed by atoms with E-state index < -0.39 is 78.2 Å². The Balaban J connectivity index is 0.00000448. The summed E-state index contributed by atoms with van der Waals surface area (Å²) in [5, 5.41) is 39.2. The molecule has 1 atom stereocenters. The van der Waals surface area contributed by atoms with Crippen LogP contribution < -0.4 is 178 Å². The molecule has 4 aromatic rings. The molecule has 4 aromatic carbocycles. The molecule has 0 aromatic heterocycles. The molecule has 0 saturated heterocycles. The number of unbranched alkanes of at least 4 members (excludes halogenated alkanes) is 2. The first-order valence-corrected chi connectivity index (χ1v) is 28.5. The number of rotatable bonds is 25. The average molecular weight is 1240 g/mol. The largest absolute Gasteiger partial charge is 1.00 e. The summed E-state index contributed by atoms with van der Waals surface area (Å²) >= 11 is -2.11. The molecule has 0 fully saturated rings. The maximum atomic E-state index is 12.5. The number of carboxylic acid groups (broad SMARTS) is 2. The molecule has 410 valence electrons. The summed E-state index contributed by atoms with van der Waals surface area (Å²) in [6.07, 6.45) is 11.0. The fraction of sp³-hybridized carbons (Fsp3) is 0.392. The molecule has 0 spiro atoms. The van der Waals surface area contributed by atoms with Crippen LogP contribution in [-0.2, 0) is 70.3 Å². The van der Waals surface area contributed by atoms with Crippen LogP contribution in [0.1, 0.15) is 83.8 Å². The summed E-state index contributed by atoms with van der Waals surface area (Å²) in [5.74, 6) is -2.95. The first-order chi connectivity index (χ1) is 35.9. The molecule has 2 aliphatic heterocycles. The molecule has 0 saturated carbocycles. The van der Waals surface area contributed by atoms with Gasteiger partial charge in [0.15, 0.2) is 5.71 Å². The molecule has 0 radical (unpaired) electrons. The summed E-state index contributed by atoms with van der Waals surface area (Å²) in [7, 11) is -7.98. The second kappa shape index (κ2) is 33.0. The topological polar surface area (TPSA) is 319 Å². The van der Waals surface area contributed by atoms with Gasteiger partial charge in [-0.05, 0) is 134 Å². The predicted molar refractivity (Wildman–Crippen MR) is 269 cm³/mol. The molecule has 0 N–H and O–H groups in total. The van der Waals surface area contributed by atoms with E-state index in [0.29, 0.717) is 107 Å². The summed E-state index contributed by atoms with van der Waals surface area (Å²) in [5.41, 5.74) is 4.30. The number of hydrogen-bond donors (Lipinski definition) is 0. The number of hydrogen-bond acceptors (Lipinski definition) is 21. The van der Waals surface area contributed by atoms with E-state index in [1.165, 1.54) is 12.1 Å². The second-order valence-corrected chi connectivity index (χ2v) is 23.4. The summed E-state index contributed by atoms with van der Waals surface area (Å²) in [4.78, 5) is 24.7. The van der Waals surface area contributed by atoms with Gasteiger partial charge in [-0.2, -0.15) is 8.91 Å². The van der Waals surface area contributed by atoms with E-state index >= 15 is 0 Å². The third-order valence-corrected chi connectivity index (χ3v) is 16.0. The van der Waals surface area contributed by atoms with Crippen molar-refractivity contribution in [2.24, 2.45) is 0 Å². The van der Waals surface area contributed by atoms with Crippen molar-refractivity contribution in [2.45, 2.75) is 93.3 Å². The molecular formula is C51H53N2Na5O19S4. The van der Waals surface area contributed by atoms with Crippen LogP contribution in [0, 0.1) is 0 Å². The van der Waals surface area contributed by atoms with Crippen LogP contribution in [0.4, 0.5) is 11.4 Å². The SMILES string of the molecule is COC1=C(/C=C/C2=[N+](CCCCOS(=O)[O-])c3ccc4c(OCC(=O)[O-])cc(S(=O)(=O)[O-])cc4c3C2(C)C)CCC/C1=C\C=C1\N(CCCCS(=O)(=O)[O-])c2ccc3c(OCC(=O)[O-])cc(SOO[O-])cc3c2C1(C)C.[Na+].[Na+].[Na+].[Na+].[Na+]. The van der Waals surface area contributed by atoms with Crippen molar-refractivity contribution < 1.29 is 240 Å². The van der Waals surface area contributed by atoms with E-state index in [-0.39, 0.29) is 172 Å². The maximum Gasteiger partial charge on any atom is 1.00 e. The van der Waals surface area contributed by atoms with Crippen molar-refractivity contribution in [3.8, 4) is 11.5 Å². The van der Waals surface area contributed by atoms with Gasteiger partial charge < -0.3 is 62.0 Å². The zero-order chi connectivity index (χ0) is 55.3. The van der Waals surface area contributed by atoms with Crippen LogP contribution >= 0.6 is 12.0 Å². The van der Waals surface area contributed by atoms with Gasteiger partial charge in [-0.25, -0.2) is 21.0 Å². The Morgan fingerprint density at radius 1 is 0.778 bits per heavy atom. The van der Waals surface area contributed by atoms with Crippen molar-refractivity contribution in [2.75, 3.05) is 50.7 Å². The summed E-state index contributed by atoms with van der Waals surface area (Å²) < 4.78 is 123. The van der Waals surface area contributed by atoms with Crippen molar-refractivity contribution in [3.63, 3.8) is 0 Å². The van der Waals surface area contributed by atoms with Gasteiger partial charge in [-0.1, -0.05) is 19.9 Å². The van der Waals surface area contributed by atoms with Gasteiger partial charge in [-0.15, -0.1) is 0 Å². The Kier molecular flexibility index (Phi) is 31.2. The zero-order valence-electron chi connectivity index (χ0n) is 46.9. The molecule has 3 aliphatic rings. The average Bonchev–Trinajstić information content (AvgIpc) is 3.70. The number of nitrogens with zero attached hydrogens (tertiary/aromatic N) is 2. The number of anilines is 1. The summed E-state index contributed by atoms with van der Waals surface area (Å²) in [6, 6.07) is 12.5. The normalized spacial score (nSPS) is 16.7. The number of carbonyl (C=O) groups is 2. The van der Waals surface area contributed by atoms with E-state index in [0.717, 1.165) is 39.9 Å². The molecule has 21 nitrogen and oxygen atoms in total. The number of benzene rings is 4. The minimum atomic E-state index is -5.06. The Morgan fingerprint density at radius 2 is 1.41 bits per heavy atom. The standard InChI is InChI=1S/C51H58N2O19S4.5Na/c1-50(2)43(53(22-7-9-24-75(61,62)63)39-17-15-35-37(47(39)50)25-33(73-72-71-58)26-41(35)68-29-45(54)55)19-13-31-11-10-12-32(49(31)67-5)14-20-44-51(3,4)48-38-27-34(76(64,65)66)28-42(69-30-46(56)57)36(38)16-18-40(48)52(44)21-6-8-23-70-74(59)60;;;;;/h13-20,25-28H,6-12,21-24,29-30H2,1-5H3,(H5-,54,55,56,57,58,59,60,61,62,63,64,65,66);;;;;/q;5*+1/p-5. The van der Waals surface area contributed by atoms with E-state index in [2.05, 4.69) is 9.37 Å². The maximum absolute atomic E-state index is 12.5. The van der Waals surface area contributed by atoms with Gasteiger partial charge in [-0.3, -0.25) is 5.04 Å². The Morgan fingerprint density at radius 3 is 2.00 bits per heavy atom. The van der Waals surface area contributed by atoms with Gasteiger partial charge in [0.1, 0.15) is 47.1 Å². The van der Waals surface area contributed by atoms with E-state index in [1.807, 2.05) is 67.5 Å². The smallest absolute Gasteiger partial charge is 0.750 e. The minimum Gasteiger partial charge on any atom is -0.750 e. The number of fused-ring (bicyclic) bond motifs is 6. The monoisotopic (exact) mass is 1240 g/mol. The van der Waals surface area contributed by atoms with Crippen molar-refractivity contribution >= 4 is 94.2 Å². The van der Waals surface area contributed by atoms with Crippen LogP contribution in [0.3, 0.4) is 0 Å². The molecule has 2 heterocycles. The van der Waals surface area contributed by atoms with Crippen molar-refractivity contribution in [1.29, 1.82) is 0 Å². The van der Waals surface area contributed by atoms with Gasteiger partial charge in [0, 0.05) is 68.9 Å². The number of aliphatic carboxylic acids is 2. The van der Waals surface area contributed by atoms with Crippen LogP contribution in [0.25, 0.3) is 21.5 Å². The van der Waals surface area contributed by atoms with Crippen LogP contribution in [0.15, 0.2) is 105 Å². The van der Waals surface area contributed by atoms with Crippen molar-refractivity contribution in [3.05, 3.63) is 107 Å². The fourth-order valence-electron chi connectivity index (χ4n) is 10.4. The molecule has 1 aliphatic carbocycles. The Labute approximate surface area is 588 Å². The number of carbonyl (C=O) groups excluding carboxylic acids is 2. The molecule has 1 unspecified atom stereocenters. The van der Waals surface area contributed by atoms with Gasteiger partial charge in [0.25, 0.3) is 0 Å². The molecular weight excluding hydrogens is 1190 g/mol. The molecule has 81 heavy (non-hydrogen) atoms. The minimum absolute atomic E-state index is 0. The first kappa shape index (κ1) is 76.4. The third kappa shape index (κ3) is 18.7. The third-order valence-electron chi connectivity index (χ3n) is 13.5. The number of carboxylic acids is 2. The molecule has 30 heteroatoms. The number of methoxy groups -OCH3 is 1. The summed E-state index contributed by atoms with van der Waals surface area (Å²) in [6.45, 7) is 6.74.